The first kappa shape index (κ1) is 19.8. The van der Waals surface area contributed by atoms with Crippen LogP contribution in [0, 0.1) is 5.82 Å². The molecule has 5 rings (SSSR count). The molecule has 0 aliphatic heterocycles. The largest absolute Gasteiger partial charge is 0.382 e. The third-order valence-corrected chi connectivity index (χ3v) is 5.46. The molecule has 0 radical (unpaired) electrons. The number of hydrogen-bond donors (Lipinski definition) is 2. The Morgan fingerprint density at radius 1 is 0.906 bits per heavy atom. The van der Waals surface area contributed by atoms with Crippen molar-refractivity contribution < 1.29 is 4.39 Å². The fourth-order valence-corrected chi connectivity index (χ4v) is 3.91. The van der Waals surface area contributed by atoms with Crippen LogP contribution in [-0.2, 0) is 19.4 Å². The van der Waals surface area contributed by atoms with Gasteiger partial charge < -0.3 is 11.5 Å². The van der Waals surface area contributed by atoms with Crippen LogP contribution in [0.15, 0.2) is 64.8 Å². The third kappa shape index (κ3) is 3.68. The number of nitrogen functional groups attached to an aromatic ring is 2. The number of benzene rings is 2. The average Bonchev–Trinajstić information content (AvgIpc) is 3.39. The summed E-state index contributed by atoms with van der Waals surface area (Å²) in [6.45, 7) is 0.337. The van der Waals surface area contributed by atoms with E-state index in [2.05, 4.69) is 20.2 Å². The molecule has 2 heterocycles. The summed E-state index contributed by atoms with van der Waals surface area (Å²) < 4.78 is 16.0. The van der Waals surface area contributed by atoms with Crippen LogP contribution in [0.5, 0.6) is 0 Å². The molecule has 2 aromatic heterocycles. The number of anilines is 2. The Morgan fingerprint density at radius 3 is 2.38 bits per heavy atom. The Bertz CT molecular complexity index is 1290. The Morgan fingerprint density at radius 2 is 1.62 bits per heavy atom. The fraction of sp³-hybridized carbons (Fsp3) is 0.174. The number of halogens is 1. The smallest absolute Gasteiger partial charge is 0.184 e. The van der Waals surface area contributed by atoms with Crippen molar-refractivity contribution in [3.8, 4) is 11.5 Å². The minimum absolute atomic E-state index is 0.127. The molecule has 2 aromatic carbocycles. The van der Waals surface area contributed by atoms with Gasteiger partial charge in [0, 0.05) is 16.8 Å². The van der Waals surface area contributed by atoms with Crippen LogP contribution in [-0.4, -0.2) is 19.7 Å². The molecule has 0 unspecified atom stereocenters. The third-order valence-electron chi connectivity index (χ3n) is 5.46. The number of nitrogens with two attached hydrogens (primary N) is 2. The molecule has 160 valence electrons. The molecule has 0 bridgehead atoms. The van der Waals surface area contributed by atoms with E-state index in [9.17, 15) is 4.39 Å². The van der Waals surface area contributed by atoms with E-state index in [1.807, 2.05) is 41.1 Å². The molecule has 0 spiro atoms. The van der Waals surface area contributed by atoms with Gasteiger partial charge >= 0.3 is 0 Å². The second-order valence-corrected chi connectivity index (χ2v) is 7.58. The summed E-state index contributed by atoms with van der Waals surface area (Å²) in [6.07, 6.45) is 2.71. The van der Waals surface area contributed by atoms with E-state index < -0.39 is 0 Å². The zero-order valence-electron chi connectivity index (χ0n) is 17.2. The zero-order chi connectivity index (χ0) is 22.1. The first-order valence-electron chi connectivity index (χ1n) is 10.3. The summed E-state index contributed by atoms with van der Waals surface area (Å²) in [7, 11) is 0. The van der Waals surface area contributed by atoms with Crippen LogP contribution >= 0.6 is 0 Å². The second-order valence-electron chi connectivity index (χ2n) is 7.58. The van der Waals surface area contributed by atoms with Crippen molar-refractivity contribution >= 4 is 23.0 Å². The summed E-state index contributed by atoms with van der Waals surface area (Å²) in [5.74, 6) is 0.337. The maximum absolute atomic E-state index is 14.2. The molecule has 4 N–H and O–H groups in total. The van der Waals surface area contributed by atoms with Gasteiger partial charge in [0.1, 0.15) is 11.5 Å². The molecule has 8 nitrogen and oxygen atoms in total. The molecule has 0 atom stereocenters. The van der Waals surface area contributed by atoms with Gasteiger partial charge in [-0.1, -0.05) is 36.4 Å². The first-order chi connectivity index (χ1) is 15.6. The van der Waals surface area contributed by atoms with Gasteiger partial charge in [0.15, 0.2) is 23.1 Å². The summed E-state index contributed by atoms with van der Waals surface area (Å²) in [4.78, 5) is 8.83. The summed E-state index contributed by atoms with van der Waals surface area (Å²) in [5.41, 5.74) is 16.5. The molecule has 0 saturated carbocycles. The van der Waals surface area contributed by atoms with E-state index in [4.69, 9.17) is 16.6 Å². The van der Waals surface area contributed by atoms with Crippen molar-refractivity contribution in [1.82, 2.24) is 19.7 Å². The minimum Gasteiger partial charge on any atom is -0.382 e. The molecular weight excluding hydrogens is 407 g/mol. The van der Waals surface area contributed by atoms with Gasteiger partial charge in [-0.2, -0.15) is 10.2 Å². The summed E-state index contributed by atoms with van der Waals surface area (Å²) in [6, 6.07) is 15.9. The van der Waals surface area contributed by atoms with Gasteiger partial charge in [0.25, 0.3) is 0 Å². The van der Waals surface area contributed by atoms with E-state index in [0.717, 1.165) is 30.5 Å². The Labute approximate surface area is 183 Å². The molecule has 32 heavy (non-hydrogen) atoms. The van der Waals surface area contributed by atoms with Gasteiger partial charge in [-0.25, -0.2) is 14.4 Å². The summed E-state index contributed by atoms with van der Waals surface area (Å²) in [5, 5.41) is 13.0. The van der Waals surface area contributed by atoms with Crippen molar-refractivity contribution in [2.75, 3.05) is 11.5 Å². The number of aromatic nitrogens is 4. The van der Waals surface area contributed by atoms with Gasteiger partial charge in [0.2, 0.25) is 0 Å². The number of fused-ring (bicyclic) bond motifs is 1. The zero-order valence-corrected chi connectivity index (χ0v) is 17.2. The standard InChI is InChI=1S/C23H21FN8/c24-17-11-5-4-7-14(17)13-32-18-12-6-10-16(18)19(31-32)23-27-21(25)20(22(26)28-23)30-29-15-8-2-1-3-9-15/h1-5,7-9,11H,6,10,12-13H2,(H4,25,26,27,28). The van der Waals surface area contributed by atoms with Crippen molar-refractivity contribution in [3.05, 3.63) is 77.2 Å². The first-order valence-corrected chi connectivity index (χ1v) is 10.3. The second kappa shape index (κ2) is 8.18. The lowest BCUT2D eigenvalue weighted by molar-refractivity contribution is 0.576. The average molecular weight is 428 g/mol. The van der Waals surface area contributed by atoms with Gasteiger partial charge in [0.05, 0.1) is 12.2 Å². The van der Waals surface area contributed by atoms with Crippen LogP contribution in [0.3, 0.4) is 0 Å². The highest BCUT2D eigenvalue weighted by Crippen LogP contribution is 2.35. The minimum atomic E-state index is -0.255. The SMILES string of the molecule is Nc1nc(-c2nn(Cc3ccccc3F)c3c2CCC3)nc(N)c1N=Nc1ccccc1. The van der Waals surface area contributed by atoms with E-state index in [1.54, 1.807) is 12.1 Å². The molecule has 0 amide bonds. The van der Waals surface area contributed by atoms with Crippen LogP contribution in [0.1, 0.15) is 23.2 Å². The van der Waals surface area contributed by atoms with Crippen LogP contribution in [0.25, 0.3) is 11.5 Å². The van der Waals surface area contributed by atoms with E-state index in [-0.39, 0.29) is 23.1 Å². The van der Waals surface area contributed by atoms with Gasteiger partial charge in [-0.05, 0) is 37.5 Å². The molecule has 1 aliphatic carbocycles. The Hall–Kier alpha value is -4.14. The normalized spacial score (nSPS) is 13.0. The van der Waals surface area contributed by atoms with Crippen LogP contribution in [0.2, 0.25) is 0 Å². The highest BCUT2D eigenvalue weighted by molar-refractivity contribution is 5.74. The number of azo groups is 1. The maximum atomic E-state index is 14.2. The van der Waals surface area contributed by atoms with Crippen LogP contribution in [0.4, 0.5) is 27.4 Å². The van der Waals surface area contributed by atoms with Crippen molar-refractivity contribution in [3.63, 3.8) is 0 Å². The monoisotopic (exact) mass is 428 g/mol. The number of rotatable bonds is 5. The molecule has 1 aliphatic rings. The lowest BCUT2D eigenvalue weighted by Gasteiger charge is -2.07. The topological polar surface area (TPSA) is 120 Å². The van der Waals surface area contributed by atoms with Crippen LogP contribution < -0.4 is 11.5 Å². The van der Waals surface area contributed by atoms with Gasteiger partial charge in [-0.3, -0.25) is 4.68 Å². The Kier molecular flexibility index (Phi) is 5.06. The predicted molar refractivity (Wildman–Crippen MR) is 120 cm³/mol. The molecule has 9 heteroatoms. The highest BCUT2D eigenvalue weighted by Gasteiger charge is 2.26. The molecule has 4 aromatic rings. The predicted octanol–water partition coefficient (Wildman–Crippen LogP) is 4.60. The fourth-order valence-electron chi connectivity index (χ4n) is 3.91. The van der Waals surface area contributed by atoms with E-state index in [0.29, 0.717) is 29.3 Å². The molecule has 0 saturated heterocycles. The highest BCUT2D eigenvalue weighted by atomic mass is 19.1. The molecule has 0 fully saturated rings. The summed E-state index contributed by atoms with van der Waals surface area (Å²) >= 11 is 0. The number of nitrogens with zero attached hydrogens (tertiary/aromatic N) is 6. The Balaban J connectivity index is 1.50. The van der Waals surface area contributed by atoms with Crippen molar-refractivity contribution in [2.24, 2.45) is 10.2 Å². The van der Waals surface area contributed by atoms with Crippen molar-refractivity contribution in [1.29, 1.82) is 0 Å². The lowest BCUT2D eigenvalue weighted by Crippen LogP contribution is -2.07. The van der Waals surface area contributed by atoms with Crippen molar-refractivity contribution in [2.45, 2.75) is 25.8 Å². The van der Waals surface area contributed by atoms with E-state index >= 15 is 0 Å². The molecular formula is C23H21FN8. The van der Waals surface area contributed by atoms with Gasteiger partial charge in [-0.15, -0.1) is 5.11 Å². The lowest BCUT2D eigenvalue weighted by atomic mass is 10.2. The number of hydrogen-bond acceptors (Lipinski definition) is 7. The maximum Gasteiger partial charge on any atom is 0.184 e. The van der Waals surface area contributed by atoms with E-state index in [1.165, 1.54) is 6.07 Å². The quantitative estimate of drug-likeness (QED) is 0.450.